The van der Waals surface area contributed by atoms with E-state index >= 15 is 0 Å². The van der Waals surface area contributed by atoms with Gasteiger partial charge in [0.05, 0.1) is 4.90 Å². The quantitative estimate of drug-likeness (QED) is 0.802. The summed E-state index contributed by atoms with van der Waals surface area (Å²) in [4.78, 5) is 0.307. The van der Waals surface area contributed by atoms with Gasteiger partial charge in [0.2, 0.25) is 0 Å². The zero-order valence-electron chi connectivity index (χ0n) is 11.4. The van der Waals surface area contributed by atoms with Gasteiger partial charge in [0, 0.05) is 11.7 Å². The third-order valence-electron chi connectivity index (χ3n) is 3.11. The maximum absolute atomic E-state index is 12.3. The van der Waals surface area contributed by atoms with E-state index in [9.17, 15) is 8.42 Å². The normalized spacial score (nSPS) is 28.3. The zero-order chi connectivity index (χ0) is 14.0. The minimum atomic E-state index is -3.50. The summed E-state index contributed by atoms with van der Waals surface area (Å²) in [6, 6.07) is 6.91. The van der Waals surface area contributed by atoms with Gasteiger partial charge >= 0.3 is 0 Å². The van der Waals surface area contributed by atoms with Crippen molar-refractivity contribution in [2.75, 3.05) is 5.08 Å². The molecule has 106 valence electrons. The fourth-order valence-corrected chi connectivity index (χ4v) is 8.38. The Balaban J connectivity index is 2.11. The van der Waals surface area contributed by atoms with Crippen LogP contribution in [0.15, 0.2) is 29.2 Å². The summed E-state index contributed by atoms with van der Waals surface area (Å²) in [5.74, 6) is 0. The molecule has 1 aliphatic rings. The molecule has 0 spiro atoms. The number of thioether (sulfide) groups is 1. The van der Waals surface area contributed by atoms with Crippen molar-refractivity contribution >= 4 is 32.9 Å². The van der Waals surface area contributed by atoms with Crippen LogP contribution in [-0.4, -0.2) is 24.0 Å². The first-order chi connectivity index (χ1) is 8.88. The molecule has 1 aliphatic heterocycles. The topological polar surface area (TPSA) is 48.2 Å². The van der Waals surface area contributed by atoms with E-state index in [-0.39, 0.29) is 11.1 Å². The summed E-state index contributed by atoms with van der Waals surface area (Å²) >= 11 is 1.44. The van der Waals surface area contributed by atoms with Gasteiger partial charge in [-0.25, -0.2) is 8.42 Å². The highest BCUT2D eigenvalue weighted by Gasteiger charge is 2.30. The van der Waals surface area contributed by atoms with Crippen molar-refractivity contribution in [2.24, 2.45) is 0 Å². The first-order valence-corrected chi connectivity index (χ1v) is 10.1. The van der Waals surface area contributed by atoms with Crippen molar-refractivity contribution in [3.63, 3.8) is 0 Å². The smallest absolute Gasteiger partial charge is 0.142 e. The Morgan fingerprint density at radius 1 is 1.26 bits per heavy atom. The van der Waals surface area contributed by atoms with Crippen LogP contribution in [-0.2, 0) is 21.1 Å². The van der Waals surface area contributed by atoms with E-state index in [0.717, 1.165) is 17.1 Å². The summed E-state index contributed by atoms with van der Waals surface area (Å²) in [7, 11) is -3.50. The van der Waals surface area contributed by atoms with E-state index in [1.807, 2.05) is 30.8 Å². The Labute approximate surface area is 123 Å². The van der Waals surface area contributed by atoms with Crippen LogP contribution >= 0.6 is 11.8 Å². The second-order valence-electron chi connectivity index (χ2n) is 4.91. The average molecular weight is 318 g/mol. The second kappa shape index (κ2) is 6.08. The van der Waals surface area contributed by atoms with E-state index in [2.05, 4.69) is 18.0 Å². The molecule has 1 aromatic rings. The fourth-order valence-electron chi connectivity index (χ4n) is 1.92. The molecular formula is C13H19NO2S3. The molecule has 3 atom stereocenters. The Morgan fingerprint density at radius 2 is 1.89 bits per heavy atom. The molecule has 0 radical (unpaired) electrons. The van der Waals surface area contributed by atoms with E-state index in [0.29, 0.717) is 15.4 Å². The molecule has 19 heavy (non-hydrogen) atoms. The lowest BCUT2D eigenvalue weighted by atomic mass is 10.2. The van der Waals surface area contributed by atoms with Gasteiger partial charge in [0.25, 0.3) is 0 Å². The van der Waals surface area contributed by atoms with Gasteiger partial charge in [-0.1, -0.05) is 35.7 Å². The van der Waals surface area contributed by atoms with Crippen LogP contribution in [0.3, 0.4) is 0 Å². The van der Waals surface area contributed by atoms with Crippen molar-refractivity contribution < 1.29 is 8.42 Å². The second-order valence-corrected chi connectivity index (χ2v) is 10.6. The molecule has 0 saturated carbocycles. The van der Waals surface area contributed by atoms with Crippen LogP contribution in [0.2, 0.25) is 0 Å². The number of benzene rings is 1. The standard InChI is InChI=1S/C13H19NO2S3/c1-10-4-6-13(7-5-10)19(15,16)14-18-9-17-11(2)8-12(18)3/h4-7,11-12H,8-9H2,1-3H3/t11-,12+,18?/m0/s1. The van der Waals surface area contributed by atoms with Gasteiger partial charge in [-0.3, -0.25) is 0 Å². The average Bonchev–Trinajstić information content (AvgIpc) is 2.33. The summed E-state index contributed by atoms with van der Waals surface area (Å²) in [5, 5.41) is 1.79. The number of hydrogen-bond acceptors (Lipinski definition) is 3. The number of nitrogens with zero attached hydrogens (tertiary/aromatic N) is 1. The molecule has 0 amide bonds. The van der Waals surface area contributed by atoms with Gasteiger partial charge in [-0.2, -0.15) is 0 Å². The molecule has 0 N–H and O–H groups in total. The van der Waals surface area contributed by atoms with Gasteiger partial charge in [0.1, 0.15) is 20.4 Å². The lowest BCUT2D eigenvalue weighted by Crippen LogP contribution is -2.29. The van der Waals surface area contributed by atoms with Crippen LogP contribution < -0.4 is 0 Å². The summed E-state index contributed by atoms with van der Waals surface area (Å²) in [6.07, 6.45) is 1.04. The summed E-state index contributed by atoms with van der Waals surface area (Å²) in [5.41, 5.74) is 1.05. The highest BCUT2D eigenvalue weighted by atomic mass is 32.3. The molecule has 1 heterocycles. The molecule has 0 bridgehead atoms. The van der Waals surface area contributed by atoms with Crippen molar-refractivity contribution in [2.45, 2.75) is 42.6 Å². The van der Waals surface area contributed by atoms with Crippen LogP contribution in [0, 0.1) is 6.92 Å². The molecule has 6 heteroatoms. The SMILES string of the molecule is Cc1ccc(S(=O)(=O)[N-][S+]2CS[C@@H](C)C[C@H]2C)cc1. The first kappa shape index (κ1) is 15.2. The Kier molecular flexibility index (Phi) is 4.87. The molecule has 3 nitrogen and oxygen atoms in total. The summed E-state index contributed by atoms with van der Waals surface area (Å²) in [6.45, 7) is 6.24. The number of rotatable bonds is 3. The molecule has 2 rings (SSSR count). The highest BCUT2D eigenvalue weighted by Crippen LogP contribution is 2.36. The third kappa shape index (κ3) is 3.90. The predicted molar refractivity (Wildman–Crippen MR) is 85.1 cm³/mol. The van der Waals surface area contributed by atoms with Crippen LogP contribution in [0.4, 0.5) is 0 Å². The van der Waals surface area contributed by atoms with Crippen molar-refractivity contribution in [1.82, 2.24) is 0 Å². The predicted octanol–water partition coefficient (Wildman–Crippen LogP) is 3.46. The van der Waals surface area contributed by atoms with Crippen molar-refractivity contribution in [1.29, 1.82) is 0 Å². The molecular weight excluding hydrogens is 298 g/mol. The summed E-state index contributed by atoms with van der Waals surface area (Å²) < 4.78 is 28.7. The van der Waals surface area contributed by atoms with E-state index < -0.39 is 10.0 Å². The Morgan fingerprint density at radius 3 is 2.47 bits per heavy atom. The van der Waals surface area contributed by atoms with Gasteiger partial charge in [-0.15, -0.1) is 11.8 Å². The number of aryl methyl sites for hydroxylation is 1. The van der Waals surface area contributed by atoms with Crippen molar-refractivity contribution in [3.8, 4) is 0 Å². The monoisotopic (exact) mass is 317 g/mol. The largest absolute Gasteiger partial charge is 0.311 e. The van der Waals surface area contributed by atoms with Crippen LogP contribution in [0.25, 0.3) is 4.13 Å². The van der Waals surface area contributed by atoms with E-state index in [1.165, 1.54) is 0 Å². The number of sulfonamides is 1. The Hall–Kier alpha value is -0.170. The molecule has 1 aromatic carbocycles. The van der Waals surface area contributed by atoms with Gasteiger partial charge in [0.15, 0.2) is 0 Å². The minimum Gasteiger partial charge on any atom is -0.311 e. The highest BCUT2D eigenvalue weighted by molar-refractivity contribution is 8.22. The molecule has 1 unspecified atom stereocenters. The molecule has 0 aliphatic carbocycles. The van der Waals surface area contributed by atoms with E-state index in [4.69, 9.17) is 0 Å². The lowest BCUT2D eigenvalue weighted by molar-refractivity contribution is 0.604. The number of hydrogen-bond donors (Lipinski definition) is 0. The first-order valence-electron chi connectivity index (χ1n) is 6.24. The van der Waals surface area contributed by atoms with E-state index in [1.54, 1.807) is 12.1 Å². The minimum absolute atomic E-state index is 0.307. The Bertz CT molecular complexity index is 527. The molecule has 1 fully saturated rings. The van der Waals surface area contributed by atoms with Gasteiger partial charge < -0.3 is 4.13 Å². The van der Waals surface area contributed by atoms with Crippen molar-refractivity contribution in [3.05, 3.63) is 34.0 Å². The third-order valence-corrected chi connectivity index (χ3v) is 8.93. The fraction of sp³-hybridized carbons (Fsp3) is 0.538. The van der Waals surface area contributed by atoms with Crippen LogP contribution in [0.5, 0.6) is 0 Å². The molecule has 0 aromatic heterocycles. The van der Waals surface area contributed by atoms with Gasteiger partial charge in [-0.05, 0) is 26.0 Å². The molecule has 1 saturated heterocycles. The maximum atomic E-state index is 12.3. The zero-order valence-corrected chi connectivity index (χ0v) is 13.8. The van der Waals surface area contributed by atoms with Crippen LogP contribution in [0.1, 0.15) is 25.8 Å². The maximum Gasteiger partial charge on any atom is 0.142 e. The lowest BCUT2D eigenvalue weighted by Gasteiger charge is -2.32.